The molecule has 0 unspecified atom stereocenters. The summed E-state index contributed by atoms with van der Waals surface area (Å²) in [5.74, 6) is -0.246. The van der Waals surface area contributed by atoms with Gasteiger partial charge in [0.1, 0.15) is 6.54 Å². The molecule has 1 aliphatic carbocycles. The minimum absolute atomic E-state index is 0.0709. The van der Waals surface area contributed by atoms with Gasteiger partial charge in [0.05, 0.1) is 7.11 Å². The third-order valence-corrected chi connectivity index (χ3v) is 3.69. The van der Waals surface area contributed by atoms with Gasteiger partial charge in [0.15, 0.2) is 0 Å². The highest BCUT2D eigenvalue weighted by atomic mass is 16.5. The molecule has 0 heterocycles. The first-order valence-corrected chi connectivity index (χ1v) is 6.39. The van der Waals surface area contributed by atoms with Gasteiger partial charge in [-0.25, -0.2) is 0 Å². The molecule has 0 radical (unpaired) electrons. The van der Waals surface area contributed by atoms with Gasteiger partial charge in [0.2, 0.25) is 5.91 Å². The first-order valence-electron chi connectivity index (χ1n) is 6.39. The number of carbonyl (C=O) groups excluding carboxylic acids is 2. The molecule has 1 saturated carbocycles. The van der Waals surface area contributed by atoms with E-state index in [4.69, 9.17) is 0 Å². The van der Waals surface area contributed by atoms with Gasteiger partial charge in [-0.2, -0.15) is 0 Å². The maximum atomic E-state index is 12.4. The quantitative estimate of drug-likeness (QED) is 0.707. The molecule has 1 rings (SSSR count). The number of esters is 1. The van der Waals surface area contributed by atoms with E-state index in [-0.39, 0.29) is 23.8 Å². The molecule has 0 aliphatic heterocycles. The number of rotatable bonds is 4. The van der Waals surface area contributed by atoms with Crippen molar-refractivity contribution in [1.82, 2.24) is 4.90 Å². The van der Waals surface area contributed by atoms with Crippen LogP contribution in [-0.2, 0) is 14.3 Å². The lowest BCUT2D eigenvalue weighted by molar-refractivity contribution is -0.152. The molecule has 0 aromatic heterocycles. The predicted molar refractivity (Wildman–Crippen MR) is 65.5 cm³/mol. The van der Waals surface area contributed by atoms with Gasteiger partial charge >= 0.3 is 5.97 Å². The molecular weight excluding hydrogens is 218 g/mol. The summed E-state index contributed by atoms with van der Waals surface area (Å²) >= 11 is 0. The molecule has 0 aromatic rings. The molecule has 4 heteroatoms. The lowest BCUT2D eigenvalue weighted by Gasteiger charge is -2.36. The van der Waals surface area contributed by atoms with E-state index in [2.05, 4.69) is 4.74 Å². The van der Waals surface area contributed by atoms with E-state index in [9.17, 15) is 9.59 Å². The number of carbonyl (C=O) groups is 2. The number of methoxy groups -OCH3 is 1. The summed E-state index contributed by atoms with van der Waals surface area (Å²) in [7, 11) is 1.35. The number of hydrogen-bond acceptors (Lipinski definition) is 3. The lowest BCUT2D eigenvalue weighted by atomic mass is 9.74. The third-order valence-electron chi connectivity index (χ3n) is 3.69. The normalized spacial score (nSPS) is 18.5. The minimum Gasteiger partial charge on any atom is -0.468 e. The van der Waals surface area contributed by atoms with Crippen LogP contribution in [0.2, 0.25) is 0 Å². The van der Waals surface area contributed by atoms with Gasteiger partial charge in [-0.3, -0.25) is 9.59 Å². The van der Waals surface area contributed by atoms with Crippen molar-refractivity contribution < 1.29 is 14.3 Å². The van der Waals surface area contributed by atoms with Crippen LogP contribution in [-0.4, -0.2) is 37.0 Å². The number of ether oxygens (including phenoxy) is 1. The summed E-state index contributed by atoms with van der Waals surface area (Å²) in [5, 5.41) is 0. The molecule has 4 nitrogen and oxygen atoms in total. The maximum Gasteiger partial charge on any atom is 0.325 e. The summed E-state index contributed by atoms with van der Waals surface area (Å²) in [6.45, 7) is 4.55. The van der Waals surface area contributed by atoms with Gasteiger partial charge in [-0.1, -0.05) is 26.2 Å². The van der Waals surface area contributed by atoms with Gasteiger partial charge < -0.3 is 9.64 Å². The average Bonchev–Trinajstić information content (AvgIpc) is 2.35. The van der Waals surface area contributed by atoms with Crippen molar-refractivity contribution >= 4 is 11.9 Å². The van der Waals surface area contributed by atoms with Crippen LogP contribution in [0.15, 0.2) is 0 Å². The zero-order valence-corrected chi connectivity index (χ0v) is 11.1. The topological polar surface area (TPSA) is 46.6 Å². The highest BCUT2D eigenvalue weighted by Gasteiger charge is 2.37. The summed E-state index contributed by atoms with van der Waals surface area (Å²) in [6, 6.07) is 0. The Morgan fingerprint density at radius 2 is 1.82 bits per heavy atom. The first kappa shape index (κ1) is 14.0. The molecule has 1 amide bonds. The Morgan fingerprint density at radius 3 is 2.29 bits per heavy atom. The number of hydrogen-bond donors (Lipinski definition) is 0. The standard InChI is InChI=1S/C13H23NO3/c1-4-14(10-11(15)17-3)12(16)13(2)8-6-5-7-9-13/h4-10H2,1-3H3. The summed E-state index contributed by atoms with van der Waals surface area (Å²) in [5.41, 5.74) is -0.276. The Balaban J connectivity index is 2.67. The molecule has 0 atom stereocenters. The summed E-state index contributed by atoms with van der Waals surface area (Å²) < 4.78 is 4.62. The molecular formula is C13H23NO3. The van der Waals surface area contributed by atoms with Crippen LogP contribution in [0.4, 0.5) is 0 Å². The fourth-order valence-electron chi connectivity index (χ4n) is 2.48. The van der Waals surface area contributed by atoms with E-state index >= 15 is 0 Å². The molecule has 0 bridgehead atoms. The Kier molecular flexibility index (Phi) is 4.97. The van der Waals surface area contributed by atoms with Crippen LogP contribution >= 0.6 is 0 Å². The largest absolute Gasteiger partial charge is 0.468 e. The van der Waals surface area contributed by atoms with Crippen LogP contribution < -0.4 is 0 Å². The second-order valence-electron chi connectivity index (χ2n) is 5.02. The Labute approximate surface area is 103 Å². The fourth-order valence-corrected chi connectivity index (χ4v) is 2.48. The second kappa shape index (κ2) is 6.03. The van der Waals surface area contributed by atoms with E-state index in [1.165, 1.54) is 13.5 Å². The zero-order valence-electron chi connectivity index (χ0n) is 11.1. The van der Waals surface area contributed by atoms with Crippen molar-refractivity contribution in [3.63, 3.8) is 0 Å². The van der Waals surface area contributed by atoms with Gasteiger partial charge in [-0.05, 0) is 19.8 Å². The van der Waals surface area contributed by atoms with Crippen LogP contribution in [0.1, 0.15) is 46.0 Å². The van der Waals surface area contributed by atoms with Gasteiger partial charge in [0, 0.05) is 12.0 Å². The highest BCUT2D eigenvalue weighted by Crippen LogP contribution is 2.37. The Morgan fingerprint density at radius 1 is 1.24 bits per heavy atom. The van der Waals surface area contributed by atoms with Crippen LogP contribution in [0.5, 0.6) is 0 Å². The second-order valence-corrected chi connectivity index (χ2v) is 5.02. The molecule has 0 aromatic carbocycles. The fraction of sp³-hybridized carbons (Fsp3) is 0.846. The van der Waals surface area contributed by atoms with Crippen molar-refractivity contribution in [3.05, 3.63) is 0 Å². The monoisotopic (exact) mass is 241 g/mol. The van der Waals surface area contributed by atoms with Crippen LogP contribution in [0.25, 0.3) is 0 Å². The zero-order chi connectivity index (χ0) is 12.9. The lowest BCUT2D eigenvalue weighted by Crippen LogP contribution is -2.45. The molecule has 1 aliphatic rings. The Hall–Kier alpha value is -1.06. The number of nitrogens with zero attached hydrogens (tertiary/aromatic N) is 1. The van der Waals surface area contributed by atoms with Crippen molar-refractivity contribution in [2.24, 2.45) is 5.41 Å². The molecule has 1 fully saturated rings. The minimum atomic E-state index is -0.348. The van der Waals surface area contributed by atoms with E-state index in [0.29, 0.717) is 6.54 Å². The number of amides is 1. The smallest absolute Gasteiger partial charge is 0.325 e. The summed E-state index contributed by atoms with van der Waals surface area (Å²) in [6.07, 6.45) is 5.30. The molecule has 98 valence electrons. The van der Waals surface area contributed by atoms with E-state index in [0.717, 1.165) is 25.7 Å². The predicted octanol–water partition coefficient (Wildman–Crippen LogP) is 1.98. The maximum absolute atomic E-state index is 12.4. The number of likely N-dealkylation sites (N-methyl/N-ethyl adjacent to an activating group) is 1. The SMILES string of the molecule is CCN(CC(=O)OC)C(=O)C1(C)CCCCC1. The molecule has 0 saturated heterocycles. The van der Waals surface area contributed by atoms with Crippen LogP contribution in [0.3, 0.4) is 0 Å². The average molecular weight is 241 g/mol. The van der Waals surface area contributed by atoms with Crippen molar-refractivity contribution in [2.75, 3.05) is 20.2 Å². The highest BCUT2D eigenvalue weighted by molar-refractivity contribution is 5.86. The van der Waals surface area contributed by atoms with Gasteiger partial charge in [0.25, 0.3) is 0 Å². The molecule has 17 heavy (non-hydrogen) atoms. The first-order chi connectivity index (χ1) is 8.03. The van der Waals surface area contributed by atoms with Crippen LogP contribution in [0, 0.1) is 5.41 Å². The third kappa shape index (κ3) is 3.45. The van der Waals surface area contributed by atoms with E-state index in [1.807, 2.05) is 13.8 Å². The van der Waals surface area contributed by atoms with Crippen molar-refractivity contribution in [3.8, 4) is 0 Å². The summed E-state index contributed by atoms with van der Waals surface area (Å²) in [4.78, 5) is 25.3. The van der Waals surface area contributed by atoms with E-state index in [1.54, 1.807) is 4.90 Å². The van der Waals surface area contributed by atoms with Crippen molar-refractivity contribution in [2.45, 2.75) is 46.0 Å². The van der Waals surface area contributed by atoms with E-state index < -0.39 is 0 Å². The Bertz CT molecular complexity index is 282. The molecule has 0 spiro atoms. The molecule has 0 N–H and O–H groups in total. The van der Waals surface area contributed by atoms with Crippen molar-refractivity contribution in [1.29, 1.82) is 0 Å². The van der Waals surface area contributed by atoms with Gasteiger partial charge in [-0.15, -0.1) is 0 Å².